The van der Waals surface area contributed by atoms with Crippen molar-refractivity contribution in [2.24, 2.45) is 20.5 Å². The molecule has 0 amide bonds. The Morgan fingerprint density at radius 1 is 1.10 bits per heavy atom. The lowest BCUT2D eigenvalue weighted by Crippen LogP contribution is -1.99. The maximum atomic E-state index is 11.4. The van der Waals surface area contributed by atoms with E-state index >= 15 is 0 Å². The Kier molecular flexibility index (Phi) is 3.96. The number of benzene rings is 2. The summed E-state index contributed by atoms with van der Waals surface area (Å²) in [5, 5.41) is 25.5. The molecule has 8 nitrogen and oxygen atoms in total. The lowest BCUT2D eigenvalue weighted by atomic mass is 10.1. The minimum atomic E-state index is -4.56. The minimum Gasteiger partial charge on any atom is -0.505 e. The molecule has 0 unspecified atom stereocenters. The maximum absolute atomic E-state index is 11.4. The van der Waals surface area contributed by atoms with Crippen LogP contribution in [0.2, 0.25) is 0 Å². The van der Waals surface area contributed by atoms with E-state index in [9.17, 15) is 18.1 Å². The zero-order valence-electron chi connectivity index (χ0n) is 11.2. The second kappa shape index (κ2) is 5.54. The second-order valence-electron chi connectivity index (χ2n) is 4.02. The molecule has 0 aliphatic heterocycles. The van der Waals surface area contributed by atoms with E-state index in [-0.39, 0.29) is 11.1 Å². The van der Waals surface area contributed by atoms with Crippen LogP contribution >= 0.6 is 0 Å². The van der Waals surface area contributed by atoms with Crippen molar-refractivity contribution in [2.75, 3.05) is 14.1 Å². The van der Waals surface area contributed by atoms with E-state index in [4.69, 9.17) is 0 Å². The monoisotopic (exact) mass is 308 g/mol. The summed E-state index contributed by atoms with van der Waals surface area (Å²) in [6.07, 6.45) is 0. The summed E-state index contributed by atoms with van der Waals surface area (Å²) in [4.78, 5) is -0.524. The fourth-order valence-corrected chi connectivity index (χ4v) is 2.62. The van der Waals surface area contributed by atoms with Crippen molar-refractivity contribution >= 4 is 32.3 Å². The summed E-state index contributed by atoms with van der Waals surface area (Å²) in [5.41, 5.74) is 0.00759. The first kappa shape index (κ1) is 15.0. The largest absolute Gasteiger partial charge is 0.505 e. The Labute approximate surface area is 120 Å². The Bertz CT molecular complexity index is 859. The van der Waals surface area contributed by atoms with Crippen LogP contribution in [0.4, 0.5) is 11.4 Å². The predicted octanol–water partition coefficient (Wildman–Crippen LogP) is 3.22. The van der Waals surface area contributed by atoms with Gasteiger partial charge in [0.2, 0.25) is 0 Å². The Morgan fingerprint density at radius 2 is 1.76 bits per heavy atom. The molecule has 9 heteroatoms. The van der Waals surface area contributed by atoms with Gasteiger partial charge in [0.1, 0.15) is 10.6 Å². The fourth-order valence-electron chi connectivity index (χ4n) is 1.96. The number of aromatic hydroxyl groups is 1. The number of phenols is 1. The molecule has 0 aliphatic rings. The quantitative estimate of drug-likeness (QED) is 0.667. The van der Waals surface area contributed by atoms with Gasteiger partial charge in [0.15, 0.2) is 5.75 Å². The van der Waals surface area contributed by atoms with Crippen molar-refractivity contribution in [1.82, 2.24) is 0 Å². The van der Waals surface area contributed by atoms with Gasteiger partial charge in [0, 0.05) is 14.1 Å². The third-order valence-corrected chi connectivity index (χ3v) is 3.61. The number of hydrogen-bond donors (Lipinski definition) is 2. The standard InChI is InChI=1S/C12H12N4O4S/c1-13-15-8-5-3-4-7-6-9(21(18,19)20)11(16-14-2)12(17)10(7)8/h3-6,17H,1-2H3,(H,18,19,20). The smallest absolute Gasteiger partial charge is 0.296 e. The molecule has 21 heavy (non-hydrogen) atoms. The molecule has 0 spiro atoms. The Hall–Kier alpha value is -2.39. The van der Waals surface area contributed by atoms with Gasteiger partial charge in [-0.15, -0.1) is 0 Å². The summed E-state index contributed by atoms with van der Waals surface area (Å²) in [7, 11) is -1.78. The number of hydrogen-bond acceptors (Lipinski definition) is 7. The third kappa shape index (κ3) is 2.73. The molecule has 2 N–H and O–H groups in total. The van der Waals surface area contributed by atoms with Crippen molar-refractivity contribution in [1.29, 1.82) is 0 Å². The van der Waals surface area contributed by atoms with Crippen LogP contribution in [0.3, 0.4) is 0 Å². The molecular formula is C12H12N4O4S. The van der Waals surface area contributed by atoms with Gasteiger partial charge < -0.3 is 5.11 Å². The molecule has 0 aliphatic carbocycles. The molecule has 0 radical (unpaired) electrons. The number of fused-ring (bicyclic) bond motifs is 1. The van der Waals surface area contributed by atoms with E-state index in [1.54, 1.807) is 18.2 Å². The molecule has 0 saturated heterocycles. The average Bonchev–Trinajstić information content (AvgIpc) is 2.41. The van der Waals surface area contributed by atoms with Crippen LogP contribution in [0, 0.1) is 0 Å². The van der Waals surface area contributed by atoms with Crippen LogP contribution in [0.5, 0.6) is 5.75 Å². The van der Waals surface area contributed by atoms with Crippen molar-refractivity contribution in [3.05, 3.63) is 24.3 Å². The van der Waals surface area contributed by atoms with Crippen LogP contribution in [0.25, 0.3) is 10.8 Å². The molecule has 110 valence electrons. The maximum Gasteiger partial charge on any atom is 0.296 e. The van der Waals surface area contributed by atoms with Gasteiger partial charge in [0.05, 0.1) is 11.1 Å². The summed E-state index contributed by atoms with van der Waals surface area (Å²) in [6.45, 7) is 0. The van der Waals surface area contributed by atoms with Crippen LogP contribution in [-0.2, 0) is 10.1 Å². The Morgan fingerprint density at radius 3 is 2.33 bits per heavy atom. The Balaban J connectivity index is 3.02. The van der Waals surface area contributed by atoms with E-state index in [1.807, 2.05) is 0 Å². The minimum absolute atomic E-state index is 0.276. The summed E-state index contributed by atoms with van der Waals surface area (Å²) >= 11 is 0. The highest BCUT2D eigenvalue weighted by Crippen LogP contribution is 2.44. The zero-order chi connectivity index (χ0) is 15.6. The van der Waals surface area contributed by atoms with Crippen LogP contribution < -0.4 is 0 Å². The van der Waals surface area contributed by atoms with Gasteiger partial charge in [-0.1, -0.05) is 12.1 Å². The molecule has 2 aromatic carbocycles. The van der Waals surface area contributed by atoms with Gasteiger partial charge in [-0.05, 0) is 17.5 Å². The topological polar surface area (TPSA) is 124 Å². The molecule has 0 aromatic heterocycles. The van der Waals surface area contributed by atoms with Gasteiger partial charge in [-0.25, -0.2) is 0 Å². The number of rotatable bonds is 3. The fraction of sp³-hybridized carbons (Fsp3) is 0.167. The van der Waals surface area contributed by atoms with Crippen molar-refractivity contribution in [3.63, 3.8) is 0 Å². The normalized spacial score (nSPS) is 12.7. The summed E-state index contributed by atoms with van der Waals surface area (Å²) in [6, 6.07) is 6.00. The van der Waals surface area contributed by atoms with Crippen molar-refractivity contribution in [2.45, 2.75) is 4.90 Å². The average molecular weight is 308 g/mol. The van der Waals surface area contributed by atoms with Crippen LogP contribution in [0.1, 0.15) is 0 Å². The molecule has 0 heterocycles. The van der Waals surface area contributed by atoms with E-state index in [0.29, 0.717) is 11.1 Å². The number of azo groups is 2. The lowest BCUT2D eigenvalue weighted by Gasteiger charge is -2.09. The van der Waals surface area contributed by atoms with Crippen LogP contribution in [0.15, 0.2) is 49.6 Å². The molecule has 2 aromatic rings. The van der Waals surface area contributed by atoms with E-state index in [1.165, 1.54) is 20.2 Å². The molecule has 0 saturated carbocycles. The second-order valence-corrected chi connectivity index (χ2v) is 5.41. The number of nitrogens with zero attached hydrogens (tertiary/aromatic N) is 4. The van der Waals surface area contributed by atoms with Gasteiger partial charge in [0.25, 0.3) is 10.1 Å². The molecular weight excluding hydrogens is 296 g/mol. The summed E-state index contributed by atoms with van der Waals surface area (Å²) < 4.78 is 32.1. The molecule has 0 fully saturated rings. The number of phenolic OH excluding ortho intramolecular Hbond substituents is 1. The highest BCUT2D eigenvalue weighted by atomic mass is 32.2. The zero-order valence-corrected chi connectivity index (χ0v) is 12.0. The third-order valence-electron chi connectivity index (χ3n) is 2.74. The first-order valence-corrected chi connectivity index (χ1v) is 7.20. The molecule has 0 atom stereocenters. The van der Waals surface area contributed by atoms with E-state index < -0.39 is 20.8 Å². The van der Waals surface area contributed by atoms with E-state index in [0.717, 1.165) is 0 Å². The van der Waals surface area contributed by atoms with Gasteiger partial charge in [-0.2, -0.15) is 28.9 Å². The predicted molar refractivity (Wildman–Crippen MR) is 76.3 cm³/mol. The van der Waals surface area contributed by atoms with Crippen molar-refractivity contribution < 1.29 is 18.1 Å². The SMILES string of the molecule is CN=Nc1c(S(=O)(=O)O)cc2cccc(N=NC)c2c1O. The van der Waals surface area contributed by atoms with Crippen molar-refractivity contribution in [3.8, 4) is 5.75 Å². The van der Waals surface area contributed by atoms with Gasteiger partial charge in [-0.3, -0.25) is 4.55 Å². The first-order chi connectivity index (χ1) is 9.90. The van der Waals surface area contributed by atoms with Gasteiger partial charge >= 0.3 is 0 Å². The highest BCUT2D eigenvalue weighted by Gasteiger charge is 2.23. The lowest BCUT2D eigenvalue weighted by molar-refractivity contribution is 0.472. The first-order valence-electron chi connectivity index (χ1n) is 5.76. The summed E-state index contributed by atoms with van der Waals surface area (Å²) in [5.74, 6) is -0.436. The molecule has 0 bridgehead atoms. The highest BCUT2D eigenvalue weighted by molar-refractivity contribution is 7.86. The van der Waals surface area contributed by atoms with Crippen LogP contribution in [-0.4, -0.2) is 32.2 Å². The van der Waals surface area contributed by atoms with E-state index in [2.05, 4.69) is 20.5 Å². The molecule has 2 rings (SSSR count).